The third-order valence-electron chi connectivity index (χ3n) is 3.52. The maximum absolute atomic E-state index is 12.2. The maximum atomic E-state index is 12.2. The summed E-state index contributed by atoms with van der Waals surface area (Å²) in [7, 11) is -3.56. The molecule has 1 atom stereocenters. The van der Waals surface area contributed by atoms with Gasteiger partial charge in [-0.1, -0.05) is 19.9 Å². The van der Waals surface area contributed by atoms with Gasteiger partial charge in [-0.05, 0) is 49.9 Å². The van der Waals surface area contributed by atoms with E-state index in [1.165, 1.54) is 4.31 Å². The number of rotatable bonds is 6. The van der Waals surface area contributed by atoms with Gasteiger partial charge in [-0.25, -0.2) is 8.42 Å². The minimum absolute atomic E-state index is 0.294. The summed E-state index contributed by atoms with van der Waals surface area (Å²) in [5.41, 5.74) is 2.58. The molecule has 1 aromatic carbocycles. The molecule has 6 heteroatoms. The first kappa shape index (κ1) is 18.5. The largest absolute Gasteiger partial charge is 0.354 e. The molecule has 1 rings (SSSR count). The Hall–Kier alpha value is -1.56. The lowest BCUT2D eigenvalue weighted by molar-refractivity contribution is -0.121. The van der Waals surface area contributed by atoms with Crippen LogP contribution in [0.5, 0.6) is 0 Å². The molecular weight excluding hydrogens is 300 g/mol. The molecule has 1 amide bonds. The van der Waals surface area contributed by atoms with Crippen molar-refractivity contribution < 1.29 is 13.2 Å². The average Bonchev–Trinajstić information content (AvgIpc) is 2.38. The van der Waals surface area contributed by atoms with Crippen LogP contribution in [0.2, 0.25) is 0 Å². The van der Waals surface area contributed by atoms with Gasteiger partial charge in [0.1, 0.15) is 6.04 Å². The normalized spacial score (nSPS) is 13.0. The number of anilines is 1. The fourth-order valence-corrected chi connectivity index (χ4v) is 3.29. The second-order valence-corrected chi connectivity index (χ2v) is 8.00. The van der Waals surface area contributed by atoms with Crippen LogP contribution in [0.4, 0.5) is 5.69 Å². The van der Waals surface area contributed by atoms with Gasteiger partial charge < -0.3 is 5.32 Å². The van der Waals surface area contributed by atoms with Crippen molar-refractivity contribution in [1.29, 1.82) is 0 Å². The van der Waals surface area contributed by atoms with Crippen LogP contribution < -0.4 is 9.62 Å². The summed E-state index contributed by atoms with van der Waals surface area (Å²) in [6.45, 7) is 9.98. The zero-order valence-corrected chi connectivity index (χ0v) is 15.0. The Morgan fingerprint density at radius 2 is 1.77 bits per heavy atom. The third kappa shape index (κ3) is 4.73. The molecule has 0 bridgehead atoms. The van der Waals surface area contributed by atoms with Crippen molar-refractivity contribution in [2.45, 2.75) is 40.7 Å². The quantitative estimate of drug-likeness (QED) is 0.872. The van der Waals surface area contributed by atoms with E-state index in [2.05, 4.69) is 5.32 Å². The number of carbonyl (C=O) groups is 1. The molecule has 0 saturated heterocycles. The lowest BCUT2D eigenvalue weighted by atomic mass is 10.1. The predicted octanol–water partition coefficient (Wildman–Crippen LogP) is 2.23. The highest BCUT2D eigenvalue weighted by atomic mass is 32.2. The first-order valence-corrected chi connectivity index (χ1v) is 9.23. The predicted molar refractivity (Wildman–Crippen MR) is 90.5 cm³/mol. The van der Waals surface area contributed by atoms with E-state index in [4.69, 9.17) is 0 Å². The standard InChI is InChI=1S/C16H26N2O3S/c1-11(2)10-17-16(19)14(5)18(22(6,20)21)15-8-7-12(3)13(4)9-15/h7-9,11,14H,10H2,1-6H3,(H,17,19)/t14-/m1/s1. The van der Waals surface area contributed by atoms with Crippen molar-refractivity contribution in [3.05, 3.63) is 29.3 Å². The summed E-state index contributed by atoms with van der Waals surface area (Å²) in [6, 6.07) is 4.59. The molecule has 0 aliphatic heterocycles. The molecule has 0 aliphatic carbocycles. The van der Waals surface area contributed by atoms with Gasteiger partial charge >= 0.3 is 0 Å². The van der Waals surface area contributed by atoms with Crippen molar-refractivity contribution in [2.24, 2.45) is 5.92 Å². The van der Waals surface area contributed by atoms with Gasteiger partial charge in [0.25, 0.3) is 0 Å². The monoisotopic (exact) mass is 326 g/mol. The molecule has 0 saturated carbocycles. The number of hydrogen-bond donors (Lipinski definition) is 1. The van der Waals surface area contributed by atoms with Gasteiger partial charge in [-0.15, -0.1) is 0 Å². The molecule has 0 heterocycles. The molecule has 0 aromatic heterocycles. The van der Waals surface area contributed by atoms with Gasteiger partial charge in [0.2, 0.25) is 15.9 Å². The Balaban J connectivity index is 3.13. The summed E-state index contributed by atoms with van der Waals surface area (Å²) < 4.78 is 25.5. The number of carbonyl (C=O) groups excluding carboxylic acids is 1. The summed E-state index contributed by atoms with van der Waals surface area (Å²) in [5, 5.41) is 2.79. The van der Waals surface area contributed by atoms with Crippen LogP contribution in [-0.4, -0.2) is 33.2 Å². The molecule has 124 valence electrons. The molecule has 0 spiro atoms. The highest BCUT2D eigenvalue weighted by Crippen LogP contribution is 2.23. The van der Waals surface area contributed by atoms with E-state index in [1.807, 2.05) is 33.8 Å². The van der Waals surface area contributed by atoms with E-state index < -0.39 is 16.1 Å². The fourth-order valence-electron chi connectivity index (χ4n) is 2.12. The first-order chi connectivity index (χ1) is 10.0. The highest BCUT2D eigenvalue weighted by molar-refractivity contribution is 7.92. The van der Waals surface area contributed by atoms with Crippen LogP contribution in [0.15, 0.2) is 18.2 Å². The number of sulfonamides is 1. The summed E-state index contributed by atoms with van der Waals surface area (Å²) in [5.74, 6) is 0.0156. The van der Waals surface area contributed by atoms with Crippen LogP contribution >= 0.6 is 0 Å². The number of amides is 1. The zero-order valence-electron chi connectivity index (χ0n) is 14.2. The Labute approximate surface area is 133 Å². The minimum atomic E-state index is -3.56. The van der Waals surface area contributed by atoms with Crippen LogP contribution in [0, 0.1) is 19.8 Å². The number of benzene rings is 1. The van der Waals surface area contributed by atoms with E-state index in [0.717, 1.165) is 17.4 Å². The lowest BCUT2D eigenvalue weighted by Crippen LogP contribution is -2.48. The summed E-state index contributed by atoms with van der Waals surface area (Å²) in [4.78, 5) is 12.2. The Kier molecular flexibility index (Phi) is 6.00. The molecule has 5 nitrogen and oxygen atoms in total. The van der Waals surface area contributed by atoms with Crippen LogP contribution in [-0.2, 0) is 14.8 Å². The minimum Gasteiger partial charge on any atom is -0.354 e. The van der Waals surface area contributed by atoms with Crippen molar-refractivity contribution in [3.63, 3.8) is 0 Å². The molecule has 1 N–H and O–H groups in total. The Bertz CT molecular complexity index is 639. The van der Waals surface area contributed by atoms with E-state index in [-0.39, 0.29) is 5.91 Å². The van der Waals surface area contributed by atoms with Crippen molar-refractivity contribution in [2.75, 3.05) is 17.1 Å². The van der Waals surface area contributed by atoms with E-state index in [1.54, 1.807) is 19.1 Å². The molecule has 0 aliphatic rings. The number of nitrogens with one attached hydrogen (secondary N) is 1. The van der Waals surface area contributed by atoms with Gasteiger partial charge in [-0.2, -0.15) is 0 Å². The van der Waals surface area contributed by atoms with Gasteiger partial charge in [-0.3, -0.25) is 9.10 Å². The molecule has 22 heavy (non-hydrogen) atoms. The van der Waals surface area contributed by atoms with Crippen molar-refractivity contribution in [3.8, 4) is 0 Å². The third-order valence-corrected chi connectivity index (χ3v) is 4.76. The van der Waals surface area contributed by atoms with Crippen molar-refractivity contribution >= 4 is 21.6 Å². The molecule has 0 fully saturated rings. The summed E-state index contributed by atoms with van der Waals surface area (Å²) in [6.07, 6.45) is 1.12. The van der Waals surface area contributed by atoms with Crippen LogP contribution in [0.25, 0.3) is 0 Å². The average molecular weight is 326 g/mol. The molecular formula is C16H26N2O3S. The second kappa shape index (κ2) is 7.13. The first-order valence-electron chi connectivity index (χ1n) is 7.38. The maximum Gasteiger partial charge on any atom is 0.243 e. The van der Waals surface area contributed by atoms with E-state index >= 15 is 0 Å². The molecule has 0 radical (unpaired) electrons. The Morgan fingerprint density at radius 3 is 2.23 bits per heavy atom. The van der Waals surface area contributed by atoms with Gasteiger partial charge in [0.05, 0.1) is 11.9 Å². The van der Waals surface area contributed by atoms with Crippen molar-refractivity contribution in [1.82, 2.24) is 5.32 Å². The SMILES string of the molecule is Cc1ccc(N([C@H](C)C(=O)NCC(C)C)S(C)(=O)=O)cc1C. The summed E-state index contributed by atoms with van der Waals surface area (Å²) >= 11 is 0. The lowest BCUT2D eigenvalue weighted by Gasteiger charge is -2.29. The van der Waals surface area contributed by atoms with Crippen LogP contribution in [0.3, 0.4) is 0 Å². The van der Waals surface area contributed by atoms with E-state index in [9.17, 15) is 13.2 Å². The smallest absolute Gasteiger partial charge is 0.243 e. The van der Waals surface area contributed by atoms with Gasteiger partial charge in [0.15, 0.2) is 0 Å². The van der Waals surface area contributed by atoms with Crippen LogP contribution in [0.1, 0.15) is 31.9 Å². The van der Waals surface area contributed by atoms with Gasteiger partial charge in [0, 0.05) is 6.54 Å². The zero-order chi connectivity index (χ0) is 17.1. The number of nitrogens with zero attached hydrogens (tertiary/aromatic N) is 1. The fraction of sp³-hybridized carbons (Fsp3) is 0.562. The highest BCUT2D eigenvalue weighted by Gasteiger charge is 2.29. The molecule has 1 aromatic rings. The molecule has 0 unspecified atom stereocenters. The number of aryl methyl sites for hydroxylation is 2. The second-order valence-electron chi connectivity index (χ2n) is 6.14. The Morgan fingerprint density at radius 1 is 1.18 bits per heavy atom. The number of hydrogen-bond acceptors (Lipinski definition) is 3. The van der Waals surface area contributed by atoms with E-state index in [0.29, 0.717) is 18.2 Å². The topological polar surface area (TPSA) is 66.5 Å².